The lowest BCUT2D eigenvalue weighted by Gasteiger charge is -2.26. The number of hydrogen-bond donors (Lipinski definition) is 2. The highest BCUT2D eigenvalue weighted by Gasteiger charge is 2.24. The van der Waals surface area contributed by atoms with Crippen LogP contribution in [0.1, 0.15) is 51.9 Å². The van der Waals surface area contributed by atoms with Gasteiger partial charge in [0, 0.05) is 11.4 Å². The van der Waals surface area contributed by atoms with Crippen molar-refractivity contribution in [2.75, 3.05) is 5.73 Å². The lowest BCUT2D eigenvalue weighted by Crippen LogP contribution is -2.32. The molecule has 2 heterocycles. The summed E-state index contributed by atoms with van der Waals surface area (Å²) in [5.74, 6) is 0.278. The van der Waals surface area contributed by atoms with E-state index in [0.29, 0.717) is 10.8 Å². The summed E-state index contributed by atoms with van der Waals surface area (Å²) < 4.78 is 1.71. The minimum atomic E-state index is -0.289. The number of carbonyl (C=O) groups is 1. The van der Waals surface area contributed by atoms with Gasteiger partial charge in [0.05, 0.1) is 16.8 Å². The van der Waals surface area contributed by atoms with Gasteiger partial charge in [-0.15, -0.1) is 0 Å². The van der Waals surface area contributed by atoms with Crippen molar-refractivity contribution < 1.29 is 4.79 Å². The largest absolute Gasteiger partial charge is 0.399 e. The second-order valence-corrected chi connectivity index (χ2v) is 7.62. The van der Waals surface area contributed by atoms with Crippen LogP contribution in [0.3, 0.4) is 0 Å². The second kappa shape index (κ2) is 7.28. The maximum absolute atomic E-state index is 13.0. The molecule has 1 amide bonds. The average molecular weight is 396 g/mol. The van der Waals surface area contributed by atoms with E-state index in [1.165, 1.54) is 5.56 Å². The molecule has 0 aliphatic heterocycles. The Labute approximate surface area is 168 Å². The fourth-order valence-corrected chi connectivity index (χ4v) is 3.97. The number of nitrogens with zero attached hydrogens (tertiary/aromatic N) is 3. The van der Waals surface area contributed by atoms with Gasteiger partial charge >= 0.3 is 0 Å². The van der Waals surface area contributed by atoms with Crippen LogP contribution in [0.15, 0.2) is 36.4 Å². The zero-order valence-corrected chi connectivity index (χ0v) is 16.6. The third-order valence-electron chi connectivity index (χ3n) is 5.06. The van der Waals surface area contributed by atoms with Crippen LogP contribution in [0, 0.1) is 13.8 Å². The highest BCUT2D eigenvalue weighted by atomic mass is 35.5. The number of rotatable bonds is 3. The lowest BCUT2D eigenvalue weighted by molar-refractivity contribution is 0.0928. The summed E-state index contributed by atoms with van der Waals surface area (Å²) in [7, 11) is 0. The summed E-state index contributed by atoms with van der Waals surface area (Å²) in [6.45, 7) is 3.86. The number of fused-ring (bicyclic) bond motifs is 1. The molecule has 0 saturated heterocycles. The van der Waals surface area contributed by atoms with E-state index < -0.39 is 0 Å². The van der Waals surface area contributed by atoms with Gasteiger partial charge in [-0.2, -0.15) is 5.10 Å². The van der Waals surface area contributed by atoms with E-state index in [1.807, 2.05) is 38.1 Å². The Morgan fingerprint density at radius 3 is 2.82 bits per heavy atom. The van der Waals surface area contributed by atoms with Gasteiger partial charge in [-0.25, -0.2) is 9.67 Å². The zero-order chi connectivity index (χ0) is 19.8. The standard InChI is InChI=1S/C21H22ClN5O/c1-12-10-13(2)27(26-12)19-9-8-17(22)20(25-19)21(28)24-18-5-3-4-14-11-15(23)6-7-16(14)18/h6-11,18H,3-5,23H2,1-2H3,(H,24,28). The summed E-state index contributed by atoms with van der Waals surface area (Å²) >= 11 is 6.29. The fourth-order valence-electron chi connectivity index (χ4n) is 3.78. The summed E-state index contributed by atoms with van der Waals surface area (Å²) in [4.78, 5) is 17.5. The van der Waals surface area contributed by atoms with E-state index in [1.54, 1.807) is 16.8 Å². The molecule has 0 fully saturated rings. The first-order valence-corrected chi connectivity index (χ1v) is 9.69. The molecule has 144 valence electrons. The fraction of sp³-hybridized carbons (Fsp3) is 0.286. The Hall–Kier alpha value is -2.86. The van der Waals surface area contributed by atoms with Gasteiger partial charge < -0.3 is 11.1 Å². The molecule has 6 nitrogen and oxygen atoms in total. The summed E-state index contributed by atoms with van der Waals surface area (Å²) in [5.41, 5.74) is 11.0. The number of aryl methyl sites for hydroxylation is 3. The van der Waals surface area contributed by atoms with Crippen molar-refractivity contribution in [1.82, 2.24) is 20.1 Å². The van der Waals surface area contributed by atoms with Crippen LogP contribution >= 0.6 is 11.6 Å². The van der Waals surface area contributed by atoms with Crippen LogP contribution in [-0.4, -0.2) is 20.7 Å². The molecule has 3 N–H and O–H groups in total. The number of pyridine rings is 1. The number of nitrogens with two attached hydrogens (primary N) is 1. The number of carbonyl (C=O) groups excluding carboxylic acids is 1. The molecule has 1 aliphatic rings. The maximum atomic E-state index is 13.0. The van der Waals surface area contributed by atoms with Crippen LogP contribution in [0.2, 0.25) is 5.02 Å². The van der Waals surface area contributed by atoms with Crippen molar-refractivity contribution in [3.63, 3.8) is 0 Å². The van der Waals surface area contributed by atoms with E-state index in [4.69, 9.17) is 17.3 Å². The molecule has 28 heavy (non-hydrogen) atoms. The van der Waals surface area contributed by atoms with Crippen LogP contribution < -0.4 is 11.1 Å². The van der Waals surface area contributed by atoms with Crippen molar-refractivity contribution in [2.45, 2.75) is 39.2 Å². The molecule has 1 aliphatic carbocycles. The topological polar surface area (TPSA) is 85.8 Å². The number of nitrogen functional groups attached to an aromatic ring is 1. The monoisotopic (exact) mass is 395 g/mol. The number of aromatic nitrogens is 3. The van der Waals surface area contributed by atoms with E-state index >= 15 is 0 Å². The average Bonchev–Trinajstić information content (AvgIpc) is 3.00. The van der Waals surface area contributed by atoms with Crippen molar-refractivity contribution in [2.24, 2.45) is 0 Å². The first kappa shape index (κ1) is 18.5. The van der Waals surface area contributed by atoms with Crippen LogP contribution in [0.5, 0.6) is 0 Å². The number of halogens is 1. The smallest absolute Gasteiger partial charge is 0.272 e. The molecule has 0 bridgehead atoms. The van der Waals surface area contributed by atoms with Gasteiger partial charge in [0.25, 0.3) is 5.91 Å². The minimum absolute atomic E-state index is 0.0768. The highest BCUT2D eigenvalue weighted by Crippen LogP contribution is 2.31. The van der Waals surface area contributed by atoms with Crippen molar-refractivity contribution in [3.8, 4) is 5.82 Å². The number of benzene rings is 1. The first-order valence-electron chi connectivity index (χ1n) is 9.32. The molecule has 2 aromatic heterocycles. The van der Waals surface area contributed by atoms with Gasteiger partial charge in [-0.1, -0.05) is 17.7 Å². The molecule has 1 unspecified atom stereocenters. The summed E-state index contributed by atoms with van der Waals surface area (Å²) in [6, 6.07) is 11.2. The van der Waals surface area contributed by atoms with Gasteiger partial charge in [0.2, 0.25) is 0 Å². The molecule has 0 radical (unpaired) electrons. The van der Waals surface area contributed by atoms with Gasteiger partial charge in [0.15, 0.2) is 5.82 Å². The van der Waals surface area contributed by atoms with Gasteiger partial charge in [-0.05, 0) is 74.6 Å². The quantitative estimate of drug-likeness (QED) is 0.658. The third kappa shape index (κ3) is 3.47. The normalized spacial score (nSPS) is 15.9. The molecule has 0 spiro atoms. The molecule has 4 rings (SSSR count). The van der Waals surface area contributed by atoms with Crippen molar-refractivity contribution in [1.29, 1.82) is 0 Å². The van der Waals surface area contributed by atoms with E-state index in [9.17, 15) is 4.79 Å². The van der Waals surface area contributed by atoms with Crippen molar-refractivity contribution >= 4 is 23.2 Å². The Morgan fingerprint density at radius 2 is 2.07 bits per heavy atom. The van der Waals surface area contributed by atoms with E-state index in [2.05, 4.69) is 15.4 Å². The number of hydrogen-bond acceptors (Lipinski definition) is 4. The van der Waals surface area contributed by atoms with Crippen LogP contribution in [0.4, 0.5) is 5.69 Å². The third-order valence-corrected chi connectivity index (χ3v) is 5.36. The number of anilines is 1. The first-order chi connectivity index (χ1) is 13.4. The van der Waals surface area contributed by atoms with E-state index in [0.717, 1.165) is 41.9 Å². The SMILES string of the molecule is Cc1cc(C)n(-c2ccc(Cl)c(C(=O)NC3CCCc4cc(N)ccc43)n2)n1. The molecule has 7 heteroatoms. The summed E-state index contributed by atoms with van der Waals surface area (Å²) in [5, 5.41) is 7.84. The molecular weight excluding hydrogens is 374 g/mol. The second-order valence-electron chi connectivity index (χ2n) is 7.22. The maximum Gasteiger partial charge on any atom is 0.272 e. The zero-order valence-electron chi connectivity index (χ0n) is 15.9. The predicted molar refractivity (Wildman–Crippen MR) is 110 cm³/mol. The molecule has 1 atom stereocenters. The molecular formula is C21H22ClN5O. The Balaban J connectivity index is 1.63. The minimum Gasteiger partial charge on any atom is -0.399 e. The molecule has 1 aromatic carbocycles. The Kier molecular flexibility index (Phi) is 4.81. The van der Waals surface area contributed by atoms with Crippen molar-refractivity contribution in [3.05, 3.63) is 69.6 Å². The lowest BCUT2D eigenvalue weighted by atomic mass is 9.87. The predicted octanol–water partition coefficient (Wildman–Crippen LogP) is 3.93. The Bertz CT molecular complexity index is 1060. The highest BCUT2D eigenvalue weighted by molar-refractivity contribution is 6.33. The van der Waals surface area contributed by atoms with Crippen LogP contribution in [0.25, 0.3) is 5.82 Å². The number of amides is 1. The molecule has 3 aromatic rings. The van der Waals surface area contributed by atoms with Gasteiger partial charge in [0.1, 0.15) is 5.69 Å². The van der Waals surface area contributed by atoms with Crippen LogP contribution in [-0.2, 0) is 6.42 Å². The van der Waals surface area contributed by atoms with E-state index in [-0.39, 0.29) is 17.6 Å². The Morgan fingerprint density at radius 1 is 1.25 bits per heavy atom. The summed E-state index contributed by atoms with van der Waals surface area (Å²) in [6.07, 6.45) is 2.84. The van der Waals surface area contributed by atoms with Gasteiger partial charge in [-0.3, -0.25) is 4.79 Å². The molecule has 0 saturated carbocycles. The number of nitrogens with one attached hydrogen (secondary N) is 1.